The van der Waals surface area contributed by atoms with E-state index in [0.717, 1.165) is 13.1 Å². The van der Waals surface area contributed by atoms with E-state index in [1.165, 1.54) is 11.4 Å². The Morgan fingerprint density at radius 3 is 1.30 bits per heavy atom. The second kappa shape index (κ2) is 8.12. The molecule has 0 heterocycles. The first-order valence-electron chi connectivity index (χ1n) is 7.27. The van der Waals surface area contributed by atoms with Gasteiger partial charge in [0.05, 0.1) is 0 Å². The highest BCUT2D eigenvalue weighted by molar-refractivity contribution is 5.56. The Kier molecular flexibility index (Phi) is 6.82. The van der Waals surface area contributed by atoms with Gasteiger partial charge in [0, 0.05) is 38.7 Å². The van der Waals surface area contributed by atoms with E-state index in [-0.39, 0.29) is 12.5 Å². The zero-order valence-corrected chi connectivity index (χ0v) is 13.6. The van der Waals surface area contributed by atoms with E-state index in [4.69, 9.17) is 9.47 Å². The first-order valence-corrected chi connectivity index (χ1v) is 7.27. The first-order chi connectivity index (χ1) is 9.58. The van der Waals surface area contributed by atoms with Crippen LogP contribution in [-0.4, -0.2) is 39.8 Å². The third-order valence-electron chi connectivity index (χ3n) is 3.75. The molecule has 0 amide bonds. The summed E-state index contributed by atoms with van der Waals surface area (Å²) in [5, 5.41) is 0. The SMILES string of the molecule is CCN(c1ccc(N(CC)C(C)OC)cc1)C(C)OC. The Hall–Kier alpha value is -1.26. The van der Waals surface area contributed by atoms with Crippen molar-refractivity contribution < 1.29 is 9.47 Å². The molecule has 0 saturated carbocycles. The van der Waals surface area contributed by atoms with Crippen LogP contribution < -0.4 is 9.80 Å². The number of anilines is 2. The van der Waals surface area contributed by atoms with E-state index in [9.17, 15) is 0 Å². The standard InChI is InChI=1S/C16H28N2O2/c1-7-17(13(3)19-5)15-9-11-16(12-10-15)18(8-2)14(4)20-6/h9-14H,7-8H2,1-6H3. The van der Waals surface area contributed by atoms with Crippen LogP contribution in [0, 0.1) is 0 Å². The van der Waals surface area contributed by atoms with Crippen molar-refractivity contribution in [2.75, 3.05) is 37.1 Å². The minimum atomic E-state index is 0.0750. The molecule has 0 aliphatic carbocycles. The van der Waals surface area contributed by atoms with Crippen LogP contribution in [0.25, 0.3) is 0 Å². The van der Waals surface area contributed by atoms with Gasteiger partial charge < -0.3 is 19.3 Å². The van der Waals surface area contributed by atoms with Crippen LogP contribution in [0.1, 0.15) is 27.7 Å². The first kappa shape index (κ1) is 16.8. The molecule has 4 nitrogen and oxygen atoms in total. The topological polar surface area (TPSA) is 24.9 Å². The van der Waals surface area contributed by atoms with E-state index in [2.05, 4.69) is 61.8 Å². The van der Waals surface area contributed by atoms with Crippen molar-refractivity contribution in [3.8, 4) is 0 Å². The minimum absolute atomic E-state index is 0.0750. The minimum Gasteiger partial charge on any atom is -0.362 e. The maximum atomic E-state index is 5.41. The second-order valence-corrected chi connectivity index (χ2v) is 4.76. The fourth-order valence-electron chi connectivity index (χ4n) is 2.39. The predicted octanol–water partition coefficient (Wildman–Crippen LogP) is 3.32. The van der Waals surface area contributed by atoms with E-state index < -0.39 is 0 Å². The van der Waals surface area contributed by atoms with E-state index in [1.807, 2.05) is 0 Å². The van der Waals surface area contributed by atoms with Crippen LogP contribution in [0.4, 0.5) is 11.4 Å². The molecule has 0 N–H and O–H groups in total. The largest absolute Gasteiger partial charge is 0.362 e. The number of nitrogens with zero attached hydrogens (tertiary/aromatic N) is 2. The number of rotatable bonds is 8. The van der Waals surface area contributed by atoms with Crippen molar-refractivity contribution in [2.24, 2.45) is 0 Å². The maximum absolute atomic E-state index is 5.41. The van der Waals surface area contributed by atoms with Gasteiger partial charge in [-0.2, -0.15) is 0 Å². The molecular weight excluding hydrogens is 252 g/mol. The van der Waals surface area contributed by atoms with Gasteiger partial charge in [0.2, 0.25) is 0 Å². The van der Waals surface area contributed by atoms with Crippen LogP contribution in [0.5, 0.6) is 0 Å². The molecule has 0 aromatic heterocycles. The second-order valence-electron chi connectivity index (χ2n) is 4.76. The molecule has 0 saturated heterocycles. The van der Waals surface area contributed by atoms with Gasteiger partial charge >= 0.3 is 0 Å². The van der Waals surface area contributed by atoms with Gasteiger partial charge in [0.15, 0.2) is 0 Å². The van der Waals surface area contributed by atoms with Crippen molar-refractivity contribution in [3.05, 3.63) is 24.3 Å². The van der Waals surface area contributed by atoms with Gasteiger partial charge in [0.25, 0.3) is 0 Å². The number of ether oxygens (including phenoxy) is 2. The molecular formula is C16H28N2O2. The Balaban J connectivity index is 2.92. The van der Waals surface area contributed by atoms with Gasteiger partial charge in [-0.1, -0.05) is 0 Å². The number of hydrogen-bond acceptors (Lipinski definition) is 4. The molecule has 0 radical (unpaired) electrons. The highest BCUT2D eigenvalue weighted by atomic mass is 16.5. The highest BCUT2D eigenvalue weighted by Crippen LogP contribution is 2.23. The number of methoxy groups -OCH3 is 2. The number of hydrogen-bond donors (Lipinski definition) is 0. The predicted molar refractivity (Wildman–Crippen MR) is 85.4 cm³/mol. The van der Waals surface area contributed by atoms with Gasteiger partial charge in [-0.05, 0) is 52.0 Å². The smallest absolute Gasteiger partial charge is 0.126 e. The normalized spacial score (nSPS) is 13.9. The summed E-state index contributed by atoms with van der Waals surface area (Å²) in [7, 11) is 3.47. The van der Waals surface area contributed by atoms with Crippen LogP contribution >= 0.6 is 0 Å². The third-order valence-corrected chi connectivity index (χ3v) is 3.75. The van der Waals surface area contributed by atoms with Crippen molar-refractivity contribution in [1.82, 2.24) is 0 Å². The Bertz CT molecular complexity index is 344. The van der Waals surface area contributed by atoms with Gasteiger partial charge in [-0.25, -0.2) is 0 Å². The van der Waals surface area contributed by atoms with Crippen LogP contribution in [0.3, 0.4) is 0 Å². The van der Waals surface area contributed by atoms with Crippen molar-refractivity contribution in [2.45, 2.75) is 40.2 Å². The van der Waals surface area contributed by atoms with E-state index >= 15 is 0 Å². The van der Waals surface area contributed by atoms with Crippen molar-refractivity contribution in [1.29, 1.82) is 0 Å². The van der Waals surface area contributed by atoms with Crippen molar-refractivity contribution >= 4 is 11.4 Å². The summed E-state index contributed by atoms with van der Waals surface area (Å²) in [6.45, 7) is 10.2. The lowest BCUT2D eigenvalue weighted by atomic mass is 10.2. The summed E-state index contributed by atoms with van der Waals surface area (Å²) in [5.74, 6) is 0. The number of benzene rings is 1. The average Bonchev–Trinajstić information content (AvgIpc) is 2.49. The molecule has 0 fully saturated rings. The van der Waals surface area contributed by atoms with Gasteiger partial charge in [0.1, 0.15) is 12.5 Å². The fraction of sp³-hybridized carbons (Fsp3) is 0.625. The quantitative estimate of drug-likeness (QED) is 0.682. The van der Waals surface area contributed by atoms with Crippen LogP contribution in [0.2, 0.25) is 0 Å². The molecule has 20 heavy (non-hydrogen) atoms. The third kappa shape index (κ3) is 3.87. The van der Waals surface area contributed by atoms with Crippen LogP contribution in [-0.2, 0) is 9.47 Å². The molecule has 2 atom stereocenters. The lowest BCUT2D eigenvalue weighted by Crippen LogP contribution is -2.35. The fourth-order valence-corrected chi connectivity index (χ4v) is 2.39. The highest BCUT2D eigenvalue weighted by Gasteiger charge is 2.14. The lowest BCUT2D eigenvalue weighted by Gasteiger charge is -2.31. The average molecular weight is 280 g/mol. The summed E-state index contributed by atoms with van der Waals surface area (Å²) >= 11 is 0. The van der Waals surface area contributed by atoms with Gasteiger partial charge in [-0.3, -0.25) is 0 Å². The molecule has 114 valence electrons. The summed E-state index contributed by atoms with van der Waals surface area (Å²) in [5.41, 5.74) is 2.35. The molecule has 0 bridgehead atoms. The summed E-state index contributed by atoms with van der Waals surface area (Å²) in [6, 6.07) is 8.55. The zero-order valence-electron chi connectivity index (χ0n) is 13.6. The Morgan fingerprint density at radius 1 is 0.800 bits per heavy atom. The van der Waals surface area contributed by atoms with Crippen molar-refractivity contribution in [3.63, 3.8) is 0 Å². The Labute approximate surface area is 123 Å². The van der Waals surface area contributed by atoms with E-state index in [1.54, 1.807) is 14.2 Å². The molecule has 1 aromatic rings. The summed E-state index contributed by atoms with van der Waals surface area (Å²) in [4.78, 5) is 4.44. The van der Waals surface area contributed by atoms with Gasteiger partial charge in [-0.15, -0.1) is 0 Å². The molecule has 1 aromatic carbocycles. The molecule has 0 aliphatic heterocycles. The summed E-state index contributed by atoms with van der Waals surface area (Å²) < 4.78 is 10.8. The monoisotopic (exact) mass is 280 g/mol. The Morgan fingerprint density at radius 2 is 1.10 bits per heavy atom. The van der Waals surface area contributed by atoms with E-state index in [0.29, 0.717) is 0 Å². The molecule has 0 spiro atoms. The summed E-state index contributed by atoms with van der Waals surface area (Å²) in [6.07, 6.45) is 0.150. The molecule has 4 heteroatoms. The molecule has 0 aliphatic rings. The maximum Gasteiger partial charge on any atom is 0.126 e. The van der Waals surface area contributed by atoms with Crippen LogP contribution in [0.15, 0.2) is 24.3 Å². The zero-order chi connectivity index (χ0) is 15.1. The molecule has 1 rings (SSSR count). The lowest BCUT2D eigenvalue weighted by molar-refractivity contribution is 0.115. The molecule has 2 unspecified atom stereocenters.